The van der Waals surface area contributed by atoms with Crippen molar-refractivity contribution in [1.82, 2.24) is 0 Å². The number of carboxylic acids is 1. The number of amides is 1. The Kier molecular flexibility index (Phi) is 5.41. The molecule has 0 radical (unpaired) electrons. The highest BCUT2D eigenvalue weighted by Gasteiger charge is 2.55. The van der Waals surface area contributed by atoms with Crippen LogP contribution in [0, 0.1) is 5.92 Å². The third-order valence-electron chi connectivity index (χ3n) is 6.24. The minimum Gasteiger partial charge on any atom is -0.481 e. The van der Waals surface area contributed by atoms with Gasteiger partial charge in [-0.1, -0.05) is 51.0 Å². The van der Waals surface area contributed by atoms with E-state index >= 15 is 0 Å². The number of hydrogen-bond acceptors (Lipinski definition) is 4. The third kappa shape index (κ3) is 3.11. The molecule has 0 bridgehead atoms. The first-order valence-electron chi connectivity index (χ1n) is 10.5. The van der Waals surface area contributed by atoms with E-state index in [2.05, 4.69) is 6.92 Å². The molecule has 0 fully saturated rings. The van der Waals surface area contributed by atoms with Crippen molar-refractivity contribution in [2.45, 2.75) is 44.9 Å². The molecule has 1 N–H and O–H groups in total. The molecule has 0 aliphatic carbocycles. The monoisotopic (exact) mass is 409 g/mol. The standard InChI is InChI=1S/C24H27NO5/c1-3-4-7-12-25-19-9-6-5-8-18(19)24(23(25)28,16(2)13-22(26)27)17-10-11-20-21(14-17)30-15-29-20/h5-6,8-11,14,16H,3-4,7,12-13,15H2,1-2H3,(H,26,27). The average molecular weight is 409 g/mol. The van der Waals surface area contributed by atoms with Gasteiger partial charge in [0.15, 0.2) is 11.5 Å². The number of ether oxygens (including phenoxy) is 2. The first-order chi connectivity index (χ1) is 14.5. The zero-order valence-electron chi connectivity index (χ0n) is 17.4. The Balaban J connectivity index is 1.89. The van der Waals surface area contributed by atoms with Gasteiger partial charge in [-0.2, -0.15) is 0 Å². The smallest absolute Gasteiger partial charge is 0.303 e. The number of benzene rings is 2. The predicted molar refractivity (Wildman–Crippen MR) is 113 cm³/mol. The van der Waals surface area contributed by atoms with E-state index in [9.17, 15) is 14.7 Å². The van der Waals surface area contributed by atoms with Crippen LogP contribution in [0.5, 0.6) is 11.5 Å². The maximum Gasteiger partial charge on any atom is 0.303 e. The average Bonchev–Trinajstić information content (AvgIpc) is 3.28. The largest absolute Gasteiger partial charge is 0.481 e. The summed E-state index contributed by atoms with van der Waals surface area (Å²) in [6, 6.07) is 13.3. The summed E-state index contributed by atoms with van der Waals surface area (Å²) in [4.78, 5) is 27.6. The fraction of sp³-hybridized carbons (Fsp3) is 0.417. The van der Waals surface area contributed by atoms with Gasteiger partial charge >= 0.3 is 5.97 Å². The fourth-order valence-electron chi connectivity index (χ4n) is 4.82. The van der Waals surface area contributed by atoms with Gasteiger partial charge in [-0.15, -0.1) is 0 Å². The van der Waals surface area contributed by atoms with E-state index in [4.69, 9.17) is 9.47 Å². The van der Waals surface area contributed by atoms with Crippen LogP contribution in [0.25, 0.3) is 0 Å². The van der Waals surface area contributed by atoms with Gasteiger partial charge in [-0.25, -0.2) is 0 Å². The molecule has 1 amide bonds. The Morgan fingerprint density at radius 2 is 1.93 bits per heavy atom. The molecule has 2 aromatic rings. The number of unbranched alkanes of at least 4 members (excludes halogenated alkanes) is 2. The number of nitrogens with zero attached hydrogens (tertiary/aromatic N) is 1. The van der Waals surface area contributed by atoms with Gasteiger partial charge in [-0.3, -0.25) is 9.59 Å². The van der Waals surface area contributed by atoms with Gasteiger partial charge in [0.25, 0.3) is 0 Å². The predicted octanol–water partition coefficient (Wildman–Crippen LogP) is 4.35. The number of hydrogen-bond donors (Lipinski definition) is 1. The zero-order chi connectivity index (χ0) is 21.3. The second-order valence-electron chi connectivity index (χ2n) is 8.06. The van der Waals surface area contributed by atoms with Gasteiger partial charge in [-0.05, 0) is 41.7 Å². The first-order valence-corrected chi connectivity index (χ1v) is 10.5. The summed E-state index contributed by atoms with van der Waals surface area (Å²) in [5.41, 5.74) is 1.39. The Labute approximate surface area is 176 Å². The van der Waals surface area contributed by atoms with E-state index < -0.39 is 17.3 Å². The van der Waals surface area contributed by atoms with E-state index in [1.165, 1.54) is 0 Å². The third-order valence-corrected chi connectivity index (χ3v) is 6.24. The second kappa shape index (κ2) is 8.01. The quantitative estimate of drug-likeness (QED) is 0.656. The highest BCUT2D eigenvalue weighted by Crippen LogP contribution is 2.53. The number of fused-ring (bicyclic) bond motifs is 2. The van der Waals surface area contributed by atoms with Crippen LogP contribution in [-0.4, -0.2) is 30.3 Å². The lowest BCUT2D eigenvalue weighted by Crippen LogP contribution is -2.46. The molecule has 2 aliphatic rings. The van der Waals surface area contributed by atoms with E-state index in [1.807, 2.05) is 54.3 Å². The number of carbonyl (C=O) groups is 2. The number of aliphatic carboxylic acids is 1. The van der Waals surface area contributed by atoms with Crippen molar-refractivity contribution in [2.75, 3.05) is 18.2 Å². The molecule has 0 saturated heterocycles. The van der Waals surface area contributed by atoms with Gasteiger partial charge in [0, 0.05) is 18.7 Å². The zero-order valence-corrected chi connectivity index (χ0v) is 17.4. The van der Waals surface area contributed by atoms with Crippen LogP contribution in [0.3, 0.4) is 0 Å². The molecular weight excluding hydrogens is 382 g/mol. The van der Waals surface area contributed by atoms with Crippen molar-refractivity contribution >= 4 is 17.6 Å². The molecular formula is C24H27NO5. The number of carbonyl (C=O) groups excluding carboxylic acids is 1. The molecule has 2 aromatic carbocycles. The minimum absolute atomic E-state index is 0.0626. The summed E-state index contributed by atoms with van der Waals surface area (Å²) < 4.78 is 11.0. The normalized spacial score (nSPS) is 20.3. The summed E-state index contributed by atoms with van der Waals surface area (Å²) in [6.07, 6.45) is 2.89. The summed E-state index contributed by atoms with van der Waals surface area (Å²) in [6.45, 7) is 4.74. The minimum atomic E-state index is -1.08. The van der Waals surface area contributed by atoms with Gasteiger partial charge in [0.05, 0.1) is 0 Å². The van der Waals surface area contributed by atoms with E-state index in [-0.39, 0.29) is 19.1 Å². The van der Waals surface area contributed by atoms with Crippen LogP contribution < -0.4 is 14.4 Å². The van der Waals surface area contributed by atoms with Gasteiger partial charge in [0.1, 0.15) is 5.41 Å². The topological polar surface area (TPSA) is 76.1 Å². The van der Waals surface area contributed by atoms with Crippen LogP contribution in [0.1, 0.15) is 50.7 Å². The molecule has 4 rings (SSSR count). The van der Waals surface area contributed by atoms with Crippen molar-refractivity contribution in [1.29, 1.82) is 0 Å². The van der Waals surface area contributed by atoms with E-state index in [0.717, 1.165) is 36.1 Å². The van der Waals surface area contributed by atoms with Crippen molar-refractivity contribution in [3.63, 3.8) is 0 Å². The van der Waals surface area contributed by atoms with Crippen LogP contribution in [0.4, 0.5) is 5.69 Å². The van der Waals surface area contributed by atoms with Crippen LogP contribution in [-0.2, 0) is 15.0 Å². The van der Waals surface area contributed by atoms with Crippen molar-refractivity contribution in [3.05, 3.63) is 53.6 Å². The van der Waals surface area contributed by atoms with Crippen LogP contribution >= 0.6 is 0 Å². The summed E-state index contributed by atoms with van der Waals surface area (Å²) in [5, 5.41) is 9.56. The fourth-order valence-corrected chi connectivity index (χ4v) is 4.82. The van der Waals surface area contributed by atoms with E-state index in [0.29, 0.717) is 18.0 Å². The molecule has 0 saturated carbocycles. The SMILES string of the molecule is CCCCCN1C(=O)C(c2ccc3c(c2)OCO3)(C(C)CC(=O)O)c2ccccc21. The molecule has 30 heavy (non-hydrogen) atoms. The summed E-state index contributed by atoms with van der Waals surface area (Å²) in [5.74, 6) is -0.201. The Bertz CT molecular complexity index is 972. The number of anilines is 1. The molecule has 0 spiro atoms. The summed E-state index contributed by atoms with van der Waals surface area (Å²) >= 11 is 0. The number of rotatable bonds is 8. The Morgan fingerprint density at radius 1 is 1.17 bits per heavy atom. The van der Waals surface area contributed by atoms with E-state index in [1.54, 1.807) is 0 Å². The number of para-hydroxylation sites is 1. The van der Waals surface area contributed by atoms with Gasteiger partial charge in [0.2, 0.25) is 12.7 Å². The highest BCUT2D eigenvalue weighted by molar-refractivity contribution is 6.11. The first kappa shape index (κ1) is 20.3. The molecule has 6 nitrogen and oxygen atoms in total. The number of carboxylic acid groups (broad SMARTS) is 1. The van der Waals surface area contributed by atoms with Crippen molar-refractivity contribution < 1.29 is 24.2 Å². The van der Waals surface area contributed by atoms with Gasteiger partial charge < -0.3 is 19.5 Å². The molecule has 0 aromatic heterocycles. The maximum absolute atomic E-state index is 14.1. The van der Waals surface area contributed by atoms with Crippen molar-refractivity contribution in [2.24, 2.45) is 5.92 Å². The molecule has 2 atom stereocenters. The Morgan fingerprint density at radius 3 is 2.70 bits per heavy atom. The second-order valence-corrected chi connectivity index (χ2v) is 8.06. The molecule has 2 aliphatic heterocycles. The lowest BCUT2D eigenvalue weighted by Gasteiger charge is -2.35. The molecule has 2 heterocycles. The molecule has 6 heteroatoms. The lowest BCUT2D eigenvalue weighted by atomic mass is 9.66. The highest BCUT2D eigenvalue weighted by atomic mass is 16.7. The van der Waals surface area contributed by atoms with Crippen molar-refractivity contribution in [3.8, 4) is 11.5 Å². The van der Waals surface area contributed by atoms with Crippen LogP contribution in [0.2, 0.25) is 0 Å². The summed E-state index contributed by atoms with van der Waals surface area (Å²) in [7, 11) is 0. The molecule has 2 unspecified atom stereocenters. The molecule has 158 valence electrons. The lowest BCUT2D eigenvalue weighted by molar-refractivity contribution is -0.138. The van der Waals surface area contributed by atoms with Crippen LogP contribution in [0.15, 0.2) is 42.5 Å². The Hall–Kier alpha value is -3.02. The maximum atomic E-state index is 14.1.